The lowest BCUT2D eigenvalue weighted by Crippen LogP contribution is -2.36. The van der Waals surface area contributed by atoms with Gasteiger partial charge in [-0.05, 0) is 26.3 Å². The Kier molecular flexibility index (Phi) is 5.47. The highest BCUT2D eigenvalue weighted by Crippen LogP contribution is 2.23. The fourth-order valence-corrected chi connectivity index (χ4v) is 2.29. The van der Waals surface area contributed by atoms with E-state index in [9.17, 15) is 0 Å². The van der Waals surface area contributed by atoms with Crippen LogP contribution < -0.4 is 5.32 Å². The van der Waals surface area contributed by atoms with Crippen molar-refractivity contribution in [2.45, 2.75) is 53.6 Å². The van der Waals surface area contributed by atoms with Gasteiger partial charge in [-0.2, -0.15) is 5.10 Å². The Labute approximate surface area is 110 Å². The van der Waals surface area contributed by atoms with E-state index >= 15 is 0 Å². The molecule has 0 aliphatic carbocycles. The number of rotatable bonds is 6. The van der Waals surface area contributed by atoms with Crippen LogP contribution in [-0.2, 0) is 13.0 Å². The number of nitrogens with zero attached hydrogens (tertiary/aromatic N) is 2. The van der Waals surface area contributed by atoms with Gasteiger partial charge in [-0.1, -0.05) is 32.4 Å². The summed E-state index contributed by atoms with van der Waals surface area (Å²) in [4.78, 5) is 0. The molecule has 0 fully saturated rings. The molecule has 1 heterocycles. The van der Waals surface area contributed by atoms with E-state index in [4.69, 9.17) is 11.6 Å². The molecule has 4 heteroatoms. The maximum Gasteiger partial charge on any atom is 0.0847 e. The first-order valence-corrected chi connectivity index (χ1v) is 6.84. The molecule has 1 aromatic heterocycles. The maximum atomic E-state index is 6.33. The maximum absolute atomic E-state index is 6.33. The Morgan fingerprint density at radius 1 is 1.35 bits per heavy atom. The van der Waals surface area contributed by atoms with Crippen LogP contribution in [0.3, 0.4) is 0 Å². The molecule has 0 bridgehead atoms. The normalized spacial score (nSPS) is 13.4. The minimum atomic E-state index is 0.457. The van der Waals surface area contributed by atoms with Crippen molar-refractivity contribution in [1.29, 1.82) is 0 Å². The number of hydrogen-bond acceptors (Lipinski definition) is 2. The number of nitrogens with one attached hydrogen (secondary N) is 1. The van der Waals surface area contributed by atoms with Crippen LogP contribution in [0.5, 0.6) is 0 Å². The van der Waals surface area contributed by atoms with E-state index in [0.717, 1.165) is 35.9 Å². The Morgan fingerprint density at radius 2 is 2.00 bits per heavy atom. The summed E-state index contributed by atoms with van der Waals surface area (Å²) >= 11 is 6.33. The van der Waals surface area contributed by atoms with E-state index in [0.29, 0.717) is 12.0 Å². The topological polar surface area (TPSA) is 29.9 Å². The lowest BCUT2D eigenvalue weighted by molar-refractivity contribution is 0.395. The van der Waals surface area contributed by atoms with Gasteiger partial charge in [-0.25, -0.2) is 0 Å². The van der Waals surface area contributed by atoms with Gasteiger partial charge in [0.1, 0.15) is 0 Å². The second kappa shape index (κ2) is 6.41. The molecule has 17 heavy (non-hydrogen) atoms. The number of aryl methyl sites for hydroxylation is 2. The number of hydrogen-bond donors (Lipinski definition) is 1. The summed E-state index contributed by atoms with van der Waals surface area (Å²) in [5.41, 5.74) is 2.09. The number of halogens is 1. The van der Waals surface area contributed by atoms with Crippen molar-refractivity contribution in [3.63, 3.8) is 0 Å². The molecule has 0 aromatic carbocycles. The molecule has 0 radical (unpaired) electrons. The summed E-state index contributed by atoms with van der Waals surface area (Å²) in [7, 11) is 0. The van der Waals surface area contributed by atoms with Crippen molar-refractivity contribution in [2.24, 2.45) is 5.92 Å². The predicted molar refractivity (Wildman–Crippen MR) is 73.7 cm³/mol. The van der Waals surface area contributed by atoms with E-state index < -0.39 is 0 Å². The van der Waals surface area contributed by atoms with Gasteiger partial charge in [-0.15, -0.1) is 0 Å². The Balaban J connectivity index is 2.91. The fraction of sp³-hybridized carbons (Fsp3) is 0.769. The average molecular weight is 258 g/mol. The zero-order valence-electron chi connectivity index (χ0n) is 11.5. The molecule has 1 atom stereocenters. The first-order valence-electron chi connectivity index (χ1n) is 6.46. The van der Waals surface area contributed by atoms with Crippen LogP contribution in [0.1, 0.15) is 39.1 Å². The first kappa shape index (κ1) is 14.5. The van der Waals surface area contributed by atoms with Crippen LogP contribution in [0.2, 0.25) is 5.02 Å². The first-order chi connectivity index (χ1) is 8.01. The zero-order valence-corrected chi connectivity index (χ0v) is 12.3. The molecule has 0 saturated heterocycles. The van der Waals surface area contributed by atoms with Crippen molar-refractivity contribution in [1.82, 2.24) is 15.1 Å². The minimum Gasteiger partial charge on any atom is -0.314 e. The van der Waals surface area contributed by atoms with Gasteiger partial charge in [0.05, 0.1) is 16.4 Å². The van der Waals surface area contributed by atoms with Crippen LogP contribution in [-0.4, -0.2) is 22.4 Å². The molecular weight excluding hydrogens is 234 g/mol. The lowest BCUT2D eigenvalue weighted by Gasteiger charge is -2.22. The number of likely N-dealkylation sites (N-methyl/N-ethyl adjacent to an activating group) is 1. The monoisotopic (exact) mass is 257 g/mol. The quantitative estimate of drug-likeness (QED) is 0.849. The highest BCUT2D eigenvalue weighted by Gasteiger charge is 2.19. The molecule has 0 saturated carbocycles. The molecule has 3 nitrogen and oxygen atoms in total. The molecule has 0 spiro atoms. The van der Waals surface area contributed by atoms with Crippen molar-refractivity contribution in [3.8, 4) is 0 Å². The Bertz CT molecular complexity index is 358. The predicted octanol–water partition coefficient (Wildman–Crippen LogP) is 3.04. The molecule has 0 aliphatic rings. The molecular formula is C13H24ClN3. The van der Waals surface area contributed by atoms with Gasteiger partial charge in [0, 0.05) is 19.0 Å². The smallest absolute Gasteiger partial charge is 0.0847 e. The number of aromatic nitrogens is 2. The average Bonchev–Trinajstić information content (AvgIpc) is 2.55. The summed E-state index contributed by atoms with van der Waals surface area (Å²) in [6.45, 7) is 12.5. The summed E-state index contributed by atoms with van der Waals surface area (Å²) < 4.78 is 2.02. The van der Waals surface area contributed by atoms with Crippen molar-refractivity contribution in [2.75, 3.05) is 6.54 Å². The highest BCUT2D eigenvalue weighted by atomic mass is 35.5. The van der Waals surface area contributed by atoms with E-state index in [-0.39, 0.29) is 0 Å². The summed E-state index contributed by atoms with van der Waals surface area (Å²) in [5, 5.41) is 8.81. The van der Waals surface area contributed by atoms with Crippen LogP contribution in [0.15, 0.2) is 0 Å². The molecule has 0 aliphatic heterocycles. The van der Waals surface area contributed by atoms with Crippen LogP contribution in [0, 0.1) is 12.8 Å². The summed E-state index contributed by atoms with van der Waals surface area (Å²) in [6.07, 6.45) is 0.943. The second-order valence-electron chi connectivity index (χ2n) is 4.77. The highest BCUT2D eigenvalue weighted by molar-refractivity contribution is 6.31. The molecule has 1 N–H and O–H groups in total. The van der Waals surface area contributed by atoms with Crippen molar-refractivity contribution >= 4 is 11.6 Å². The summed E-state index contributed by atoms with van der Waals surface area (Å²) in [6, 6.07) is 0.457. The molecule has 0 amide bonds. The lowest BCUT2D eigenvalue weighted by atomic mass is 9.99. The van der Waals surface area contributed by atoms with Gasteiger partial charge in [-0.3, -0.25) is 4.68 Å². The minimum absolute atomic E-state index is 0.457. The summed E-state index contributed by atoms with van der Waals surface area (Å²) in [5.74, 6) is 0.589. The standard InChI is InChI=1S/C13H24ClN3/c1-6-15-11(9(3)4)8-12-13(14)10(5)16-17(12)7-2/h9,11,15H,6-8H2,1-5H3. The second-order valence-corrected chi connectivity index (χ2v) is 5.15. The fourth-order valence-electron chi connectivity index (χ4n) is 2.08. The van der Waals surface area contributed by atoms with Gasteiger partial charge >= 0.3 is 0 Å². The molecule has 1 aromatic rings. The van der Waals surface area contributed by atoms with Crippen LogP contribution in [0.25, 0.3) is 0 Å². The van der Waals surface area contributed by atoms with Crippen molar-refractivity contribution < 1.29 is 0 Å². The van der Waals surface area contributed by atoms with E-state index in [1.807, 2.05) is 11.6 Å². The van der Waals surface area contributed by atoms with Gasteiger partial charge in [0.15, 0.2) is 0 Å². The van der Waals surface area contributed by atoms with Crippen LogP contribution in [0.4, 0.5) is 0 Å². The largest absolute Gasteiger partial charge is 0.314 e. The van der Waals surface area contributed by atoms with Gasteiger partial charge < -0.3 is 5.32 Å². The van der Waals surface area contributed by atoms with Gasteiger partial charge in [0.25, 0.3) is 0 Å². The Morgan fingerprint density at radius 3 is 2.47 bits per heavy atom. The molecule has 1 rings (SSSR count). The van der Waals surface area contributed by atoms with Gasteiger partial charge in [0.2, 0.25) is 0 Å². The third-order valence-electron chi connectivity index (χ3n) is 3.14. The van der Waals surface area contributed by atoms with E-state index in [1.165, 1.54) is 0 Å². The Hall–Kier alpha value is -0.540. The van der Waals surface area contributed by atoms with E-state index in [1.54, 1.807) is 0 Å². The third-order valence-corrected chi connectivity index (χ3v) is 3.63. The van der Waals surface area contributed by atoms with Crippen molar-refractivity contribution in [3.05, 3.63) is 16.4 Å². The van der Waals surface area contributed by atoms with E-state index in [2.05, 4.69) is 38.1 Å². The zero-order chi connectivity index (χ0) is 13.0. The third kappa shape index (κ3) is 3.46. The SMILES string of the molecule is CCNC(Cc1c(Cl)c(C)nn1CC)C(C)C. The molecule has 1 unspecified atom stereocenters. The van der Waals surface area contributed by atoms with Crippen LogP contribution >= 0.6 is 11.6 Å². The molecule has 98 valence electrons.